The molecule has 0 amide bonds. The van der Waals surface area contributed by atoms with E-state index in [2.05, 4.69) is 177 Å². The van der Waals surface area contributed by atoms with Gasteiger partial charge in [-0.2, -0.15) is 0 Å². The van der Waals surface area contributed by atoms with Gasteiger partial charge in [-0.15, -0.1) is 0 Å². The molecule has 0 saturated heterocycles. The topological polar surface area (TPSA) is 27.9 Å². The van der Waals surface area contributed by atoms with Gasteiger partial charge < -0.3 is 18.1 Å². The number of aromatic nitrogens is 3. The van der Waals surface area contributed by atoms with Crippen molar-refractivity contribution in [3.8, 4) is 17.1 Å². The van der Waals surface area contributed by atoms with Crippen LogP contribution in [0.1, 0.15) is 0 Å². The van der Waals surface area contributed by atoms with Gasteiger partial charge in [-0.25, -0.2) is 0 Å². The zero-order chi connectivity index (χ0) is 33.9. The SMILES string of the molecule is c1ccc2c(c1)oc1ccc(-n3c4ccccc4c4cc(-n5c6ccccc6c6c(-n7c8ccccc8c8ccccc87)cccc65)ccc43)cc12. The number of para-hydroxylation sites is 5. The Morgan fingerprint density at radius 1 is 0.288 bits per heavy atom. The third-order valence-electron chi connectivity index (χ3n) is 11.0. The average molecular weight is 664 g/mol. The molecular formula is C48H29N3O. The van der Waals surface area contributed by atoms with Crippen LogP contribution in [0.2, 0.25) is 0 Å². The molecule has 0 aliphatic rings. The molecule has 52 heavy (non-hydrogen) atoms. The summed E-state index contributed by atoms with van der Waals surface area (Å²) in [5, 5.41) is 9.71. The molecule has 0 radical (unpaired) electrons. The molecule has 4 heterocycles. The van der Waals surface area contributed by atoms with Crippen molar-refractivity contribution in [1.82, 2.24) is 13.7 Å². The van der Waals surface area contributed by atoms with Crippen molar-refractivity contribution in [2.75, 3.05) is 0 Å². The highest BCUT2D eigenvalue weighted by Gasteiger charge is 2.21. The zero-order valence-corrected chi connectivity index (χ0v) is 28.0. The molecule has 0 spiro atoms. The summed E-state index contributed by atoms with van der Waals surface area (Å²) >= 11 is 0. The van der Waals surface area contributed by atoms with E-state index in [9.17, 15) is 0 Å². The van der Waals surface area contributed by atoms with Crippen molar-refractivity contribution in [1.29, 1.82) is 0 Å². The van der Waals surface area contributed by atoms with E-state index in [0.717, 1.165) is 33.3 Å². The normalized spacial score (nSPS) is 12.2. The van der Waals surface area contributed by atoms with Gasteiger partial charge in [-0.1, -0.05) is 97.1 Å². The molecule has 0 N–H and O–H groups in total. The highest BCUT2D eigenvalue weighted by molar-refractivity contribution is 6.17. The Bertz CT molecular complexity index is 3370. The van der Waals surface area contributed by atoms with E-state index in [1.165, 1.54) is 71.1 Å². The lowest BCUT2D eigenvalue weighted by Crippen LogP contribution is -1.97. The third-order valence-corrected chi connectivity index (χ3v) is 11.0. The molecule has 0 unspecified atom stereocenters. The summed E-state index contributed by atoms with van der Waals surface area (Å²) in [5.74, 6) is 0. The minimum absolute atomic E-state index is 0.902. The van der Waals surface area contributed by atoms with Crippen molar-refractivity contribution < 1.29 is 4.42 Å². The number of furan rings is 1. The largest absolute Gasteiger partial charge is 0.456 e. The van der Waals surface area contributed by atoms with Crippen LogP contribution in [0.5, 0.6) is 0 Å². The van der Waals surface area contributed by atoms with Crippen LogP contribution in [-0.2, 0) is 0 Å². The fourth-order valence-corrected chi connectivity index (χ4v) is 8.88. The van der Waals surface area contributed by atoms with E-state index in [-0.39, 0.29) is 0 Å². The Labute approximate surface area is 297 Å². The first-order valence-electron chi connectivity index (χ1n) is 17.8. The summed E-state index contributed by atoms with van der Waals surface area (Å²) in [6.07, 6.45) is 0. The fourth-order valence-electron chi connectivity index (χ4n) is 8.88. The summed E-state index contributed by atoms with van der Waals surface area (Å²) in [5.41, 5.74) is 12.4. The number of rotatable bonds is 3. The maximum Gasteiger partial charge on any atom is 0.135 e. The summed E-state index contributed by atoms with van der Waals surface area (Å²) in [4.78, 5) is 0. The maximum atomic E-state index is 6.19. The van der Waals surface area contributed by atoms with E-state index < -0.39 is 0 Å². The zero-order valence-electron chi connectivity index (χ0n) is 28.0. The van der Waals surface area contributed by atoms with Gasteiger partial charge in [0.25, 0.3) is 0 Å². The van der Waals surface area contributed by atoms with Gasteiger partial charge in [-0.3, -0.25) is 0 Å². The Hall–Kier alpha value is -7.04. The summed E-state index contributed by atoms with van der Waals surface area (Å²) < 4.78 is 13.5. The first-order chi connectivity index (χ1) is 25.8. The first-order valence-corrected chi connectivity index (χ1v) is 17.8. The monoisotopic (exact) mass is 663 g/mol. The fraction of sp³-hybridized carbons (Fsp3) is 0. The van der Waals surface area contributed by atoms with Crippen LogP contribution in [0, 0.1) is 0 Å². The Morgan fingerprint density at radius 3 is 1.46 bits per heavy atom. The van der Waals surface area contributed by atoms with Crippen molar-refractivity contribution >= 4 is 87.4 Å². The lowest BCUT2D eigenvalue weighted by Gasteiger charge is -2.12. The van der Waals surface area contributed by atoms with Gasteiger partial charge in [0, 0.05) is 54.5 Å². The lowest BCUT2D eigenvalue weighted by atomic mass is 10.1. The van der Waals surface area contributed by atoms with Crippen molar-refractivity contribution in [2.45, 2.75) is 0 Å². The molecular weight excluding hydrogens is 635 g/mol. The second-order valence-corrected chi connectivity index (χ2v) is 13.7. The van der Waals surface area contributed by atoms with Gasteiger partial charge in [-0.05, 0) is 78.9 Å². The molecule has 0 saturated carbocycles. The van der Waals surface area contributed by atoms with Crippen LogP contribution in [-0.4, -0.2) is 13.7 Å². The quantitative estimate of drug-likeness (QED) is 0.185. The minimum Gasteiger partial charge on any atom is -0.456 e. The molecule has 0 aliphatic carbocycles. The van der Waals surface area contributed by atoms with Gasteiger partial charge >= 0.3 is 0 Å². The highest BCUT2D eigenvalue weighted by atomic mass is 16.3. The van der Waals surface area contributed by atoms with E-state index in [4.69, 9.17) is 4.42 Å². The predicted octanol–water partition coefficient (Wildman–Crippen LogP) is 12.9. The van der Waals surface area contributed by atoms with Crippen LogP contribution in [0.4, 0.5) is 0 Å². The van der Waals surface area contributed by atoms with E-state index in [0.29, 0.717) is 0 Å². The second-order valence-electron chi connectivity index (χ2n) is 13.7. The Balaban J connectivity index is 1.13. The second kappa shape index (κ2) is 10.3. The molecule has 8 aromatic carbocycles. The molecule has 242 valence electrons. The summed E-state index contributed by atoms with van der Waals surface area (Å²) in [6.45, 7) is 0. The number of benzene rings is 8. The smallest absolute Gasteiger partial charge is 0.135 e. The predicted molar refractivity (Wildman–Crippen MR) is 217 cm³/mol. The average Bonchev–Trinajstić information content (AvgIpc) is 3.94. The van der Waals surface area contributed by atoms with Crippen LogP contribution in [0.25, 0.3) is 104 Å². The molecule has 0 aliphatic heterocycles. The number of nitrogens with zero attached hydrogens (tertiary/aromatic N) is 3. The van der Waals surface area contributed by atoms with Crippen LogP contribution in [0.3, 0.4) is 0 Å². The summed E-state index contributed by atoms with van der Waals surface area (Å²) in [6, 6.07) is 63.6. The van der Waals surface area contributed by atoms with E-state index in [1.54, 1.807) is 0 Å². The number of hydrogen-bond acceptors (Lipinski definition) is 1. The number of hydrogen-bond donors (Lipinski definition) is 0. The van der Waals surface area contributed by atoms with Gasteiger partial charge in [0.05, 0.1) is 38.8 Å². The standard InChI is InChI=1S/C48H29N3O/c1-7-18-40-32(12-1)33-13-2-8-19-41(33)51(40)45-22-11-21-44-48(45)36-16-4-9-20-42(36)50(44)30-24-26-43-37(28-30)34-14-3-6-17-39(34)49(43)31-25-27-47-38(29-31)35-15-5-10-23-46(35)52-47/h1-29H. The van der Waals surface area contributed by atoms with Gasteiger partial charge in [0.2, 0.25) is 0 Å². The van der Waals surface area contributed by atoms with Crippen LogP contribution >= 0.6 is 0 Å². The maximum absolute atomic E-state index is 6.19. The molecule has 0 fully saturated rings. The van der Waals surface area contributed by atoms with Crippen LogP contribution < -0.4 is 0 Å². The molecule has 4 aromatic heterocycles. The van der Waals surface area contributed by atoms with Crippen LogP contribution in [0.15, 0.2) is 180 Å². The third kappa shape index (κ3) is 3.65. The van der Waals surface area contributed by atoms with Gasteiger partial charge in [0.15, 0.2) is 0 Å². The van der Waals surface area contributed by atoms with Gasteiger partial charge in [0.1, 0.15) is 11.2 Å². The van der Waals surface area contributed by atoms with E-state index >= 15 is 0 Å². The lowest BCUT2D eigenvalue weighted by molar-refractivity contribution is 0.669. The Kier molecular flexibility index (Phi) is 5.47. The number of fused-ring (bicyclic) bond motifs is 12. The van der Waals surface area contributed by atoms with Crippen molar-refractivity contribution in [2.24, 2.45) is 0 Å². The summed E-state index contributed by atoms with van der Waals surface area (Å²) in [7, 11) is 0. The van der Waals surface area contributed by atoms with Crippen molar-refractivity contribution in [3.05, 3.63) is 176 Å². The first kappa shape index (κ1) is 27.7. The molecule has 4 heteroatoms. The molecule has 12 rings (SSSR count). The minimum atomic E-state index is 0.902. The molecule has 0 bridgehead atoms. The highest BCUT2D eigenvalue weighted by Crippen LogP contribution is 2.41. The van der Waals surface area contributed by atoms with Crippen molar-refractivity contribution in [3.63, 3.8) is 0 Å². The molecule has 12 aromatic rings. The molecule has 0 atom stereocenters. The van der Waals surface area contributed by atoms with E-state index in [1.807, 2.05) is 12.1 Å². The Morgan fingerprint density at radius 2 is 0.750 bits per heavy atom. The molecule has 4 nitrogen and oxygen atoms in total.